The van der Waals surface area contributed by atoms with E-state index in [1.165, 1.54) is 64.2 Å². The Morgan fingerprint density at radius 1 is 0.524 bits per heavy atom. The average Bonchev–Trinajstić information content (AvgIpc) is 3.28. The third-order valence-corrected chi connectivity index (χ3v) is 10.8. The number of phenols is 2. The number of phenolic OH excluding ortho intramolecular Hbond substituents is 2. The van der Waals surface area contributed by atoms with Crippen molar-refractivity contribution in [2.75, 3.05) is 26.4 Å². The number of benzene rings is 4. The van der Waals surface area contributed by atoms with Crippen LogP contribution in [0.15, 0.2) is 94.9 Å². The average molecular weight is 863 g/mol. The van der Waals surface area contributed by atoms with Crippen LogP contribution in [0.4, 0.5) is 11.4 Å². The van der Waals surface area contributed by atoms with Crippen LogP contribution < -0.4 is 9.47 Å². The second kappa shape index (κ2) is 28.1. The molecule has 4 aromatic carbocycles. The number of carbonyl (C=O) groups excluding carboxylic acids is 2. The lowest BCUT2D eigenvalue weighted by Crippen LogP contribution is -2.22. The van der Waals surface area contributed by atoms with E-state index in [-0.39, 0.29) is 30.1 Å². The number of aromatic hydroxyl groups is 2. The first-order valence-corrected chi connectivity index (χ1v) is 23.1. The minimum Gasteiger partial charge on any atom is -0.507 e. The van der Waals surface area contributed by atoms with Gasteiger partial charge in [-0.15, -0.1) is 0 Å². The van der Waals surface area contributed by atoms with Gasteiger partial charge in [-0.05, 0) is 104 Å². The minimum atomic E-state index is -0.434. The molecule has 0 amide bonds. The number of aliphatic imine (C=N–C) groups is 2. The molecule has 10 heteroatoms. The number of carbonyl (C=O) groups is 2. The largest absolute Gasteiger partial charge is 0.507 e. The molecule has 2 N–H and O–H groups in total. The second-order valence-corrected chi connectivity index (χ2v) is 17.0. The van der Waals surface area contributed by atoms with Crippen molar-refractivity contribution in [1.29, 1.82) is 0 Å². The van der Waals surface area contributed by atoms with Crippen molar-refractivity contribution in [3.8, 4) is 23.0 Å². The molecule has 0 radical (unpaired) electrons. The van der Waals surface area contributed by atoms with E-state index in [9.17, 15) is 19.8 Å². The maximum absolute atomic E-state index is 12.8. The number of rotatable bonds is 30. The molecule has 10 nitrogen and oxygen atoms in total. The fourth-order valence-electron chi connectivity index (χ4n) is 6.81. The van der Waals surface area contributed by atoms with Gasteiger partial charge in [0.25, 0.3) is 0 Å². The maximum Gasteiger partial charge on any atom is 0.338 e. The predicted molar refractivity (Wildman–Crippen MR) is 254 cm³/mol. The van der Waals surface area contributed by atoms with Crippen LogP contribution in [0.1, 0.15) is 162 Å². The number of hydrogen-bond donors (Lipinski definition) is 2. The Morgan fingerprint density at radius 2 is 0.937 bits per heavy atom. The molecule has 0 saturated carbocycles. The molecule has 0 aliphatic carbocycles. The van der Waals surface area contributed by atoms with Crippen molar-refractivity contribution in [2.45, 2.75) is 130 Å². The van der Waals surface area contributed by atoms with Crippen LogP contribution in [0, 0.1) is 5.41 Å². The minimum absolute atomic E-state index is 0.0881. The van der Waals surface area contributed by atoms with Crippen molar-refractivity contribution < 1.29 is 38.7 Å². The van der Waals surface area contributed by atoms with Crippen LogP contribution in [0.2, 0.25) is 0 Å². The van der Waals surface area contributed by atoms with Gasteiger partial charge in [-0.2, -0.15) is 0 Å². The van der Waals surface area contributed by atoms with Crippen molar-refractivity contribution in [3.63, 3.8) is 0 Å². The van der Waals surface area contributed by atoms with E-state index in [1.54, 1.807) is 85.2 Å². The summed E-state index contributed by atoms with van der Waals surface area (Å²) in [5, 5.41) is 21.0. The lowest BCUT2D eigenvalue weighted by Gasteiger charge is -2.24. The quantitative estimate of drug-likeness (QED) is 0.0300. The highest BCUT2D eigenvalue weighted by atomic mass is 16.5. The van der Waals surface area contributed by atoms with Gasteiger partial charge >= 0.3 is 11.9 Å². The van der Waals surface area contributed by atoms with Gasteiger partial charge in [0.1, 0.15) is 23.0 Å². The number of esters is 2. The molecule has 0 fully saturated rings. The van der Waals surface area contributed by atoms with Crippen molar-refractivity contribution in [3.05, 3.63) is 107 Å². The van der Waals surface area contributed by atoms with Crippen molar-refractivity contribution >= 4 is 35.7 Å². The summed E-state index contributed by atoms with van der Waals surface area (Å²) in [6.07, 6.45) is 21.4. The molecule has 0 saturated heterocycles. The summed E-state index contributed by atoms with van der Waals surface area (Å²) in [6.45, 7) is 10.1. The summed E-state index contributed by atoms with van der Waals surface area (Å²) in [5.74, 6) is 0.577. The normalized spacial score (nSPS) is 11.6. The number of unbranched alkanes of at least 4 members (excludes halogenated alkanes) is 12. The molecule has 0 heterocycles. The molecule has 0 unspecified atom stereocenters. The summed E-state index contributed by atoms with van der Waals surface area (Å²) >= 11 is 0. The number of ether oxygens (including phenoxy) is 4. The van der Waals surface area contributed by atoms with Gasteiger partial charge in [-0.3, -0.25) is 9.98 Å². The van der Waals surface area contributed by atoms with E-state index < -0.39 is 11.9 Å². The molecule has 0 aromatic heterocycles. The first-order valence-electron chi connectivity index (χ1n) is 23.1. The Bertz CT molecular complexity index is 2010. The van der Waals surface area contributed by atoms with Gasteiger partial charge in [0.05, 0.1) is 48.9 Å². The van der Waals surface area contributed by atoms with E-state index in [4.69, 9.17) is 18.9 Å². The van der Waals surface area contributed by atoms with Crippen LogP contribution in [-0.4, -0.2) is 61.0 Å². The molecule has 63 heavy (non-hydrogen) atoms. The van der Waals surface area contributed by atoms with Gasteiger partial charge in [0.15, 0.2) is 0 Å². The van der Waals surface area contributed by atoms with Gasteiger partial charge in [-0.25, -0.2) is 9.59 Å². The summed E-state index contributed by atoms with van der Waals surface area (Å²) in [5.41, 5.74) is 2.87. The molecule has 340 valence electrons. The van der Waals surface area contributed by atoms with Crippen LogP contribution in [0.5, 0.6) is 23.0 Å². The molecular formula is C53H70N2O8. The van der Waals surface area contributed by atoms with E-state index in [2.05, 4.69) is 23.8 Å². The zero-order valence-corrected chi connectivity index (χ0v) is 38.1. The zero-order chi connectivity index (χ0) is 45.1. The summed E-state index contributed by atoms with van der Waals surface area (Å²) in [7, 11) is 0. The van der Waals surface area contributed by atoms with E-state index in [0.29, 0.717) is 71.2 Å². The Kier molecular flexibility index (Phi) is 22.3. The second-order valence-electron chi connectivity index (χ2n) is 17.0. The van der Waals surface area contributed by atoms with Crippen LogP contribution in [0.25, 0.3) is 0 Å². The van der Waals surface area contributed by atoms with Crippen molar-refractivity contribution in [2.24, 2.45) is 15.4 Å². The smallest absolute Gasteiger partial charge is 0.338 e. The Labute approximate surface area is 375 Å². The van der Waals surface area contributed by atoms with Gasteiger partial charge in [-0.1, -0.05) is 105 Å². The van der Waals surface area contributed by atoms with Gasteiger partial charge in [0, 0.05) is 35.7 Å². The maximum atomic E-state index is 12.8. The first kappa shape index (κ1) is 50.0. The van der Waals surface area contributed by atoms with E-state index in [0.717, 1.165) is 25.7 Å². The van der Waals surface area contributed by atoms with Crippen LogP contribution in [0.3, 0.4) is 0 Å². The summed E-state index contributed by atoms with van der Waals surface area (Å²) in [6, 6.07) is 24.0. The summed E-state index contributed by atoms with van der Waals surface area (Å²) in [4.78, 5) is 34.5. The third-order valence-electron chi connectivity index (χ3n) is 10.8. The number of nitrogens with zero attached hydrogens (tertiary/aromatic N) is 2. The topological polar surface area (TPSA) is 136 Å². The Balaban J connectivity index is 1.11. The molecular weight excluding hydrogens is 793 g/mol. The molecule has 0 bridgehead atoms. The Hall–Kier alpha value is -5.64. The lowest BCUT2D eigenvalue weighted by atomic mass is 9.89. The van der Waals surface area contributed by atoms with Crippen molar-refractivity contribution in [1.82, 2.24) is 0 Å². The highest BCUT2D eigenvalue weighted by molar-refractivity contribution is 5.91. The molecule has 4 rings (SSSR count). The Morgan fingerprint density at radius 3 is 1.37 bits per heavy atom. The van der Waals surface area contributed by atoms with Gasteiger partial charge in [0.2, 0.25) is 0 Å². The highest BCUT2D eigenvalue weighted by Gasteiger charge is 2.21. The molecule has 4 aromatic rings. The third kappa shape index (κ3) is 19.5. The summed E-state index contributed by atoms with van der Waals surface area (Å²) < 4.78 is 22.8. The van der Waals surface area contributed by atoms with E-state index >= 15 is 0 Å². The molecule has 0 aliphatic rings. The molecule has 0 aliphatic heterocycles. The fourth-order valence-corrected chi connectivity index (χ4v) is 6.81. The lowest BCUT2D eigenvalue weighted by molar-refractivity contribution is 0.0300. The molecule has 0 atom stereocenters. The van der Waals surface area contributed by atoms with Gasteiger partial charge < -0.3 is 29.2 Å². The van der Waals surface area contributed by atoms with E-state index in [1.807, 2.05) is 26.0 Å². The van der Waals surface area contributed by atoms with Crippen LogP contribution in [-0.2, 0) is 9.47 Å². The zero-order valence-electron chi connectivity index (χ0n) is 38.1. The molecule has 0 spiro atoms. The standard InChI is InChI=1S/C53H70N2O8/c1-5-7-9-11-13-15-17-33-60-47-30-24-43(49(56)36-47)38-54-45-26-20-41(21-27-45)51(58)62-35-19-32-53(3,4)40-63-52(59)42-22-28-46(29-23-42)55-39-44-25-31-48(37-50(44)57)61-34-18-16-14-12-10-8-6-2/h20-31,36-39,56-57H,5-19,32-35,40H2,1-4H3. The predicted octanol–water partition coefficient (Wildman–Crippen LogP) is 13.7. The highest BCUT2D eigenvalue weighted by Crippen LogP contribution is 2.27. The van der Waals surface area contributed by atoms with Crippen LogP contribution >= 0.6 is 0 Å². The SMILES string of the molecule is CCCCCCCCCOc1ccc(C=Nc2ccc(C(=O)OCCCC(C)(C)COC(=O)c3ccc(N=Cc4ccc(OCCCCCCCCC)cc4O)cc3)cc2)c(O)c1. The first-order chi connectivity index (χ1) is 30.6. The monoisotopic (exact) mass is 863 g/mol. The fraction of sp³-hybridized carbons (Fsp3) is 0.472. The number of hydrogen-bond acceptors (Lipinski definition) is 10.